The summed E-state index contributed by atoms with van der Waals surface area (Å²) in [5.74, 6) is 0.818. The Hall–Kier alpha value is -1.82. The predicted octanol–water partition coefficient (Wildman–Crippen LogP) is 3.08. The Labute approximate surface area is 136 Å². The monoisotopic (exact) mass is 320 g/mol. The van der Waals surface area contributed by atoms with Crippen molar-refractivity contribution >= 4 is 11.7 Å². The minimum Gasteiger partial charge on any atom is -0.444 e. The zero-order chi connectivity index (χ0) is 16.8. The van der Waals surface area contributed by atoms with Crippen LogP contribution >= 0.6 is 0 Å². The molecule has 0 spiro atoms. The lowest BCUT2D eigenvalue weighted by atomic mass is 9.89. The van der Waals surface area contributed by atoms with Crippen molar-refractivity contribution in [2.24, 2.45) is 0 Å². The Kier molecular flexibility index (Phi) is 3.96. The highest BCUT2D eigenvalue weighted by Gasteiger charge is 2.40. The summed E-state index contributed by atoms with van der Waals surface area (Å²) in [6.45, 7) is 10.5. The second-order valence-corrected chi connectivity index (χ2v) is 7.24. The van der Waals surface area contributed by atoms with Crippen molar-refractivity contribution in [3.63, 3.8) is 0 Å². The fourth-order valence-electron chi connectivity index (χ4n) is 3.32. The number of nitrogens with zero attached hydrogens (tertiary/aromatic N) is 2. The summed E-state index contributed by atoms with van der Waals surface area (Å²) in [4.78, 5) is 14.4. The maximum absolute atomic E-state index is 12.5. The van der Waals surface area contributed by atoms with Crippen molar-refractivity contribution in [1.29, 1.82) is 0 Å². The molecule has 1 aromatic rings. The van der Waals surface area contributed by atoms with Crippen LogP contribution in [0.5, 0.6) is 0 Å². The Balaban J connectivity index is 1.89. The minimum atomic E-state index is -0.502. The maximum atomic E-state index is 12.5. The summed E-state index contributed by atoms with van der Waals surface area (Å²) in [6, 6.07) is -0.127. The lowest BCUT2D eigenvalue weighted by molar-refractivity contribution is -0.0510. The van der Waals surface area contributed by atoms with Crippen LogP contribution in [-0.2, 0) is 9.47 Å². The molecule has 0 aliphatic carbocycles. The van der Waals surface area contributed by atoms with Gasteiger partial charge in [-0.2, -0.15) is 0 Å². The van der Waals surface area contributed by atoms with Crippen LogP contribution in [-0.4, -0.2) is 47.0 Å². The summed E-state index contributed by atoms with van der Waals surface area (Å²) in [7, 11) is 0. The average Bonchev–Trinajstić information content (AvgIpc) is 2.74. The van der Waals surface area contributed by atoms with Crippen LogP contribution in [0.4, 0.5) is 4.79 Å². The van der Waals surface area contributed by atoms with Gasteiger partial charge in [-0.15, -0.1) is 0 Å². The molecule has 3 heterocycles. The molecule has 23 heavy (non-hydrogen) atoms. The van der Waals surface area contributed by atoms with Crippen molar-refractivity contribution in [1.82, 2.24) is 10.1 Å². The molecule has 0 aromatic carbocycles. The highest BCUT2D eigenvalue weighted by molar-refractivity contribution is 5.76. The van der Waals surface area contributed by atoms with Gasteiger partial charge in [0, 0.05) is 5.56 Å². The van der Waals surface area contributed by atoms with E-state index in [0.717, 1.165) is 23.4 Å². The molecule has 2 bridgehead atoms. The van der Waals surface area contributed by atoms with Gasteiger partial charge in [-0.05, 0) is 46.6 Å². The number of morpholine rings is 1. The molecule has 0 saturated carbocycles. The molecule has 2 unspecified atom stereocenters. The molecule has 6 nitrogen and oxygen atoms in total. The molecule has 2 aliphatic rings. The molecule has 2 atom stereocenters. The van der Waals surface area contributed by atoms with E-state index in [0.29, 0.717) is 13.2 Å². The van der Waals surface area contributed by atoms with Crippen molar-refractivity contribution in [2.75, 3.05) is 13.2 Å². The molecule has 3 rings (SSSR count). The first-order chi connectivity index (χ1) is 10.8. The van der Waals surface area contributed by atoms with E-state index in [1.165, 1.54) is 5.57 Å². The van der Waals surface area contributed by atoms with Crippen molar-refractivity contribution in [2.45, 2.75) is 58.7 Å². The second kappa shape index (κ2) is 5.67. The van der Waals surface area contributed by atoms with E-state index in [1.807, 2.05) is 39.5 Å². The zero-order valence-electron chi connectivity index (χ0n) is 14.4. The van der Waals surface area contributed by atoms with E-state index in [-0.39, 0.29) is 18.2 Å². The number of carbonyl (C=O) groups excluding carboxylic acids is 1. The van der Waals surface area contributed by atoms with Gasteiger partial charge in [0.1, 0.15) is 11.4 Å². The van der Waals surface area contributed by atoms with Gasteiger partial charge in [0.15, 0.2) is 0 Å². The summed E-state index contributed by atoms with van der Waals surface area (Å²) >= 11 is 0. The van der Waals surface area contributed by atoms with Gasteiger partial charge < -0.3 is 14.0 Å². The van der Waals surface area contributed by atoms with Gasteiger partial charge in [-0.1, -0.05) is 11.2 Å². The summed E-state index contributed by atoms with van der Waals surface area (Å²) in [6.07, 6.45) is 2.54. The molecule has 1 aromatic heterocycles. The first kappa shape index (κ1) is 16.1. The van der Waals surface area contributed by atoms with Gasteiger partial charge in [0.05, 0.1) is 31.0 Å². The van der Waals surface area contributed by atoms with Gasteiger partial charge in [0.2, 0.25) is 0 Å². The number of rotatable bonds is 1. The summed E-state index contributed by atoms with van der Waals surface area (Å²) in [5, 5.41) is 4.04. The molecule has 126 valence electrons. The second-order valence-electron chi connectivity index (χ2n) is 7.24. The average molecular weight is 320 g/mol. The zero-order valence-corrected chi connectivity index (χ0v) is 14.4. The van der Waals surface area contributed by atoms with Crippen molar-refractivity contribution < 1.29 is 18.8 Å². The van der Waals surface area contributed by atoms with Crippen LogP contribution in [0.25, 0.3) is 5.57 Å². The number of aryl methyl sites for hydroxylation is 2. The Morgan fingerprint density at radius 3 is 2.65 bits per heavy atom. The topological polar surface area (TPSA) is 64.8 Å². The normalized spacial score (nSPS) is 24.4. The SMILES string of the molecule is Cc1noc(C)c1C1=CC2COCC(C1)N2C(=O)OC(C)(C)C. The van der Waals surface area contributed by atoms with Crippen molar-refractivity contribution in [3.8, 4) is 0 Å². The Bertz CT molecular complexity index is 622. The van der Waals surface area contributed by atoms with Crippen LogP contribution in [0.15, 0.2) is 10.6 Å². The minimum absolute atomic E-state index is 0.0164. The first-order valence-corrected chi connectivity index (χ1v) is 7.99. The molecule has 6 heteroatoms. The predicted molar refractivity (Wildman–Crippen MR) is 85.0 cm³/mol. The third-order valence-electron chi connectivity index (χ3n) is 4.16. The molecule has 1 amide bonds. The van der Waals surface area contributed by atoms with Crippen LogP contribution < -0.4 is 0 Å². The standard InChI is InChI=1S/C17H24N2O4/c1-10-15(11(2)23-18-10)12-6-13-8-21-9-14(7-12)19(13)16(20)22-17(3,4)5/h6,13-14H,7-9H2,1-5H3. The molecular formula is C17H24N2O4. The largest absolute Gasteiger partial charge is 0.444 e. The van der Waals surface area contributed by atoms with Crippen LogP contribution in [0.1, 0.15) is 44.2 Å². The third-order valence-corrected chi connectivity index (χ3v) is 4.16. The van der Waals surface area contributed by atoms with E-state index >= 15 is 0 Å². The van der Waals surface area contributed by atoms with E-state index < -0.39 is 5.60 Å². The number of carbonyl (C=O) groups is 1. The van der Waals surface area contributed by atoms with Crippen molar-refractivity contribution in [3.05, 3.63) is 23.1 Å². The first-order valence-electron chi connectivity index (χ1n) is 7.99. The van der Waals surface area contributed by atoms with E-state index in [4.69, 9.17) is 14.0 Å². The van der Waals surface area contributed by atoms with Gasteiger partial charge in [-0.25, -0.2) is 4.79 Å². The van der Waals surface area contributed by atoms with Crippen LogP contribution in [0.3, 0.4) is 0 Å². The number of ether oxygens (including phenoxy) is 2. The van der Waals surface area contributed by atoms with E-state index in [1.54, 1.807) is 0 Å². The summed E-state index contributed by atoms with van der Waals surface area (Å²) in [5.41, 5.74) is 2.63. The fourth-order valence-corrected chi connectivity index (χ4v) is 3.32. The molecule has 0 N–H and O–H groups in total. The van der Waals surface area contributed by atoms with Gasteiger partial charge >= 0.3 is 6.09 Å². The molecule has 1 fully saturated rings. The molecule has 2 aliphatic heterocycles. The van der Waals surface area contributed by atoms with Crippen LogP contribution in [0, 0.1) is 13.8 Å². The fraction of sp³-hybridized carbons (Fsp3) is 0.647. The number of hydrogen-bond acceptors (Lipinski definition) is 5. The quantitative estimate of drug-likeness (QED) is 0.795. The molecule has 1 saturated heterocycles. The third kappa shape index (κ3) is 3.13. The Morgan fingerprint density at radius 2 is 2.09 bits per heavy atom. The summed E-state index contributed by atoms with van der Waals surface area (Å²) < 4.78 is 16.5. The molecular weight excluding hydrogens is 296 g/mol. The highest BCUT2D eigenvalue weighted by Crippen LogP contribution is 2.35. The number of hydrogen-bond donors (Lipinski definition) is 0. The smallest absolute Gasteiger partial charge is 0.411 e. The molecule has 0 radical (unpaired) electrons. The number of aromatic nitrogens is 1. The lowest BCUT2D eigenvalue weighted by Crippen LogP contribution is -2.57. The Morgan fingerprint density at radius 1 is 1.35 bits per heavy atom. The number of amides is 1. The highest BCUT2D eigenvalue weighted by atomic mass is 16.6. The van der Waals surface area contributed by atoms with Gasteiger partial charge in [-0.3, -0.25) is 4.90 Å². The van der Waals surface area contributed by atoms with E-state index in [9.17, 15) is 4.79 Å². The van der Waals surface area contributed by atoms with Crippen LogP contribution in [0.2, 0.25) is 0 Å². The lowest BCUT2D eigenvalue weighted by Gasteiger charge is -2.44. The number of fused-ring (bicyclic) bond motifs is 2. The van der Waals surface area contributed by atoms with E-state index in [2.05, 4.69) is 11.2 Å². The maximum Gasteiger partial charge on any atom is 0.411 e. The van der Waals surface area contributed by atoms with Gasteiger partial charge in [0.25, 0.3) is 0 Å².